The van der Waals surface area contributed by atoms with Gasteiger partial charge in [-0.3, -0.25) is 0 Å². The molecule has 0 bridgehead atoms. The van der Waals surface area contributed by atoms with E-state index in [2.05, 4.69) is 40.2 Å². The van der Waals surface area contributed by atoms with Crippen molar-refractivity contribution in [1.29, 1.82) is 0 Å². The first kappa shape index (κ1) is 13.9. The Morgan fingerprint density at radius 2 is 1.92 bits per heavy atom. The fraction of sp³-hybridized carbons (Fsp3) is 0.600. The van der Waals surface area contributed by atoms with Crippen LogP contribution in [0.1, 0.15) is 0 Å². The van der Waals surface area contributed by atoms with Gasteiger partial charge in [-0.1, -0.05) is 0 Å². The minimum absolute atomic E-state index is 0.179. The fourth-order valence-electron chi connectivity index (χ4n) is 0.260. The molecule has 0 radical (unpaired) electrons. The van der Waals surface area contributed by atoms with Crippen molar-refractivity contribution in [2.24, 2.45) is 5.73 Å². The molecule has 0 aliphatic rings. The fourth-order valence-corrected chi connectivity index (χ4v) is 0.362. The lowest BCUT2D eigenvalue weighted by molar-refractivity contribution is 0.202. The van der Waals surface area contributed by atoms with Crippen LogP contribution in [0.4, 0.5) is 0 Å². The maximum absolute atomic E-state index is 8.34. The van der Waals surface area contributed by atoms with Gasteiger partial charge in [-0.25, -0.2) is 0 Å². The Morgan fingerprint density at radius 3 is 2.17 bits per heavy atom. The molecular formula is C5H12N2O3S2. The molecule has 0 spiro atoms. The van der Waals surface area contributed by atoms with Crippen LogP contribution in [-0.2, 0) is 4.74 Å². The van der Waals surface area contributed by atoms with Crippen molar-refractivity contribution in [2.75, 3.05) is 20.3 Å². The molecule has 5 N–H and O–H groups in total. The lowest BCUT2D eigenvalue weighted by atomic mass is 10.7. The maximum atomic E-state index is 8.34. The van der Waals surface area contributed by atoms with E-state index < -0.39 is 5.17 Å². The van der Waals surface area contributed by atoms with E-state index >= 15 is 0 Å². The van der Waals surface area contributed by atoms with E-state index in [9.17, 15) is 0 Å². The molecular weight excluding hydrogens is 200 g/mol. The van der Waals surface area contributed by atoms with Crippen LogP contribution in [0, 0.1) is 0 Å². The van der Waals surface area contributed by atoms with Gasteiger partial charge in [-0.05, 0) is 24.4 Å². The van der Waals surface area contributed by atoms with Crippen LogP contribution < -0.4 is 11.1 Å². The lowest BCUT2D eigenvalue weighted by Crippen LogP contribution is -2.24. The van der Waals surface area contributed by atoms with Crippen LogP contribution in [-0.4, -0.2) is 40.8 Å². The Bertz CT molecular complexity index is 139. The molecule has 0 unspecified atom stereocenters. The van der Waals surface area contributed by atoms with E-state index in [1.54, 1.807) is 7.11 Å². The zero-order valence-corrected chi connectivity index (χ0v) is 8.24. The second-order valence-corrected chi connectivity index (χ2v) is 2.37. The Labute approximate surface area is 81.5 Å². The standard InChI is InChI=1S/C4H9NO2S.CH3NOS/c1-7-3-2-5-4(6)8;2-1(3)4/h2-3H2,1H3,(H2,5,6,8);(H3,2,3,4). The highest BCUT2D eigenvalue weighted by atomic mass is 32.1. The SMILES string of the molecule is COCCNC(O)=S.NC(O)=S. The molecule has 7 heteroatoms. The normalized spacial score (nSPS) is 7.75. The van der Waals surface area contributed by atoms with Gasteiger partial charge >= 0.3 is 0 Å². The van der Waals surface area contributed by atoms with Crippen molar-refractivity contribution in [2.45, 2.75) is 0 Å². The van der Waals surface area contributed by atoms with Gasteiger partial charge in [0.25, 0.3) is 10.3 Å². The maximum Gasteiger partial charge on any atom is 0.254 e. The molecule has 0 aromatic rings. The Kier molecular flexibility index (Phi) is 12.0. The highest BCUT2D eigenvalue weighted by molar-refractivity contribution is 7.80. The number of aliphatic hydroxyl groups is 2. The first-order chi connectivity index (χ1) is 5.50. The van der Waals surface area contributed by atoms with Crippen LogP contribution >= 0.6 is 24.4 Å². The quantitative estimate of drug-likeness (QED) is 0.382. The van der Waals surface area contributed by atoms with Crippen LogP contribution in [0.15, 0.2) is 0 Å². The molecule has 72 valence electrons. The smallest absolute Gasteiger partial charge is 0.254 e. The first-order valence-corrected chi connectivity index (χ1v) is 3.76. The third-order valence-corrected chi connectivity index (χ3v) is 0.727. The van der Waals surface area contributed by atoms with E-state index in [0.29, 0.717) is 13.2 Å². The van der Waals surface area contributed by atoms with E-state index in [0.717, 1.165) is 0 Å². The summed E-state index contributed by atoms with van der Waals surface area (Å²) in [6.07, 6.45) is 0. The molecule has 0 atom stereocenters. The van der Waals surface area contributed by atoms with E-state index in [4.69, 9.17) is 10.2 Å². The molecule has 12 heavy (non-hydrogen) atoms. The number of nitrogens with two attached hydrogens (primary N) is 1. The van der Waals surface area contributed by atoms with Crippen molar-refractivity contribution in [3.05, 3.63) is 0 Å². The van der Waals surface area contributed by atoms with E-state index in [-0.39, 0.29) is 5.17 Å². The highest BCUT2D eigenvalue weighted by Crippen LogP contribution is 1.64. The van der Waals surface area contributed by atoms with Crippen molar-refractivity contribution < 1.29 is 14.9 Å². The second kappa shape index (κ2) is 10.3. The average molecular weight is 212 g/mol. The number of hydrogen-bond donors (Lipinski definition) is 4. The summed E-state index contributed by atoms with van der Waals surface area (Å²) in [6.45, 7) is 1.12. The summed E-state index contributed by atoms with van der Waals surface area (Å²) >= 11 is 8.17. The van der Waals surface area contributed by atoms with Gasteiger partial charge in [0, 0.05) is 13.7 Å². The van der Waals surface area contributed by atoms with Crippen molar-refractivity contribution in [3.8, 4) is 0 Å². The number of nitrogens with one attached hydrogen (secondary N) is 1. The Balaban J connectivity index is 0. The summed E-state index contributed by atoms with van der Waals surface area (Å²) in [5.41, 5.74) is 4.40. The van der Waals surface area contributed by atoms with E-state index in [1.807, 2.05) is 0 Å². The predicted octanol–water partition coefficient (Wildman–Crippen LogP) is -0.147. The van der Waals surface area contributed by atoms with E-state index in [1.165, 1.54) is 0 Å². The largest absolute Gasteiger partial charge is 0.487 e. The summed E-state index contributed by atoms with van der Waals surface area (Å²) in [5.74, 6) is 0. The van der Waals surface area contributed by atoms with Crippen molar-refractivity contribution in [1.82, 2.24) is 5.32 Å². The van der Waals surface area contributed by atoms with Gasteiger partial charge in [0.05, 0.1) is 6.61 Å². The van der Waals surface area contributed by atoms with Gasteiger partial charge in [0.15, 0.2) is 0 Å². The predicted molar refractivity (Wildman–Crippen MR) is 54.5 cm³/mol. The third kappa shape index (κ3) is 34.5. The zero-order valence-electron chi connectivity index (χ0n) is 6.61. The summed E-state index contributed by atoms with van der Waals surface area (Å²) in [4.78, 5) is 0. The van der Waals surface area contributed by atoms with Crippen LogP contribution in [0.2, 0.25) is 0 Å². The molecule has 0 aliphatic carbocycles. The molecule has 0 saturated heterocycles. The number of rotatable bonds is 3. The summed E-state index contributed by atoms with van der Waals surface area (Å²) in [7, 11) is 1.59. The number of aliphatic hydroxyl groups excluding tert-OH is 2. The average Bonchev–Trinajstić information content (AvgIpc) is 1.86. The Hall–Kier alpha value is -0.660. The first-order valence-electron chi connectivity index (χ1n) is 2.94. The number of ether oxygens (including phenoxy) is 1. The molecule has 0 aromatic heterocycles. The minimum Gasteiger partial charge on any atom is -0.487 e. The molecule has 0 heterocycles. The van der Waals surface area contributed by atoms with Gasteiger partial charge in [0.1, 0.15) is 0 Å². The zero-order chi connectivity index (χ0) is 9.98. The highest BCUT2D eigenvalue weighted by Gasteiger charge is 1.84. The van der Waals surface area contributed by atoms with Gasteiger partial charge in [0.2, 0.25) is 0 Å². The van der Waals surface area contributed by atoms with Gasteiger partial charge in [-0.15, -0.1) is 0 Å². The van der Waals surface area contributed by atoms with Gasteiger partial charge < -0.3 is 26.0 Å². The lowest BCUT2D eigenvalue weighted by Gasteiger charge is -1.98. The molecule has 0 saturated carbocycles. The second-order valence-electron chi connectivity index (χ2n) is 1.56. The van der Waals surface area contributed by atoms with Gasteiger partial charge in [-0.2, -0.15) is 0 Å². The monoisotopic (exact) mass is 212 g/mol. The molecule has 0 amide bonds. The summed E-state index contributed by atoms with van der Waals surface area (Å²) in [5, 5.41) is 17.7. The number of methoxy groups -OCH3 is 1. The molecule has 0 fully saturated rings. The molecule has 0 rings (SSSR count). The summed E-state index contributed by atoms with van der Waals surface area (Å²) in [6, 6.07) is 0. The van der Waals surface area contributed by atoms with Crippen molar-refractivity contribution >= 4 is 34.8 Å². The van der Waals surface area contributed by atoms with Crippen LogP contribution in [0.5, 0.6) is 0 Å². The van der Waals surface area contributed by atoms with Crippen molar-refractivity contribution in [3.63, 3.8) is 0 Å². The third-order valence-electron chi connectivity index (χ3n) is 0.582. The minimum atomic E-state index is -0.500. The van der Waals surface area contributed by atoms with Crippen LogP contribution in [0.3, 0.4) is 0 Å². The summed E-state index contributed by atoms with van der Waals surface area (Å²) < 4.78 is 4.66. The van der Waals surface area contributed by atoms with Crippen LogP contribution in [0.25, 0.3) is 0 Å². The topological polar surface area (TPSA) is 87.7 Å². The Morgan fingerprint density at radius 1 is 1.50 bits per heavy atom. The number of thiocarbonyl (C=S) groups is 2. The molecule has 5 nitrogen and oxygen atoms in total. The molecule has 0 aromatic carbocycles. The molecule has 0 aliphatic heterocycles. The number of hydrogen-bond acceptors (Lipinski definition) is 3.